The highest BCUT2D eigenvalue weighted by Gasteiger charge is 2.28. The first kappa shape index (κ1) is 20.8. The van der Waals surface area contributed by atoms with Crippen LogP contribution in [0.4, 0.5) is 10.2 Å². The average Bonchev–Trinajstić information content (AvgIpc) is 2.96. The molecule has 0 bridgehead atoms. The van der Waals surface area contributed by atoms with E-state index >= 15 is 0 Å². The predicted octanol–water partition coefficient (Wildman–Crippen LogP) is 4.49. The fourth-order valence-corrected chi connectivity index (χ4v) is 6.24. The van der Waals surface area contributed by atoms with Gasteiger partial charge in [-0.3, -0.25) is 4.57 Å². The number of thioether (sulfide) groups is 1. The molecule has 2 aromatic carbocycles. The van der Waals surface area contributed by atoms with Crippen LogP contribution in [-0.2, 0) is 6.54 Å². The first-order chi connectivity index (χ1) is 14.9. The second kappa shape index (κ2) is 8.11. The van der Waals surface area contributed by atoms with E-state index < -0.39 is 0 Å². The maximum Gasteiger partial charge on any atom is 0.350 e. The van der Waals surface area contributed by atoms with Crippen molar-refractivity contribution in [1.82, 2.24) is 14.5 Å². The molecule has 5 rings (SSSR count). The Morgan fingerprint density at radius 2 is 1.97 bits per heavy atom. The summed E-state index contributed by atoms with van der Waals surface area (Å²) in [7, 11) is 2.11. The molecule has 1 aromatic heterocycles. The van der Waals surface area contributed by atoms with Gasteiger partial charge < -0.3 is 9.80 Å². The standard InChI is InChI=1S/C23H24ClFN4OS/c1-14-13-27(2)9-10-28(14)22-17-12-18(24)19(15-4-6-16(25)7-5-15)21-20(17)29(23(30)26-22)8-3-11-31-21/h4-7,12,14H,3,8-11,13H2,1-2H3. The summed E-state index contributed by atoms with van der Waals surface area (Å²) in [5, 5.41) is 1.51. The molecule has 162 valence electrons. The monoisotopic (exact) mass is 458 g/mol. The molecule has 2 aliphatic heterocycles. The average molecular weight is 459 g/mol. The van der Waals surface area contributed by atoms with Crippen LogP contribution in [0.1, 0.15) is 13.3 Å². The van der Waals surface area contributed by atoms with Gasteiger partial charge in [-0.1, -0.05) is 23.7 Å². The van der Waals surface area contributed by atoms with Crippen molar-refractivity contribution in [3.05, 3.63) is 51.7 Å². The molecule has 31 heavy (non-hydrogen) atoms. The van der Waals surface area contributed by atoms with Gasteiger partial charge >= 0.3 is 5.69 Å². The molecular weight excluding hydrogens is 435 g/mol. The number of benzene rings is 2. The summed E-state index contributed by atoms with van der Waals surface area (Å²) >= 11 is 8.57. The lowest BCUT2D eigenvalue weighted by molar-refractivity contribution is 0.275. The SMILES string of the molecule is CC1CN(C)CCN1c1nc(=O)n2c3c(c(-c4ccc(F)cc4)c(Cl)cc13)SCCC2. The molecule has 0 radical (unpaired) electrons. The number of nitrogens with zero attached hydrogens (tertiary/aromatic N) is 4. The molecule has 1 saturated heterocycles. The summed E-state index contributed by atoms with van der Waals surface area (Å²) in [6.45, 7) is 5.43. The van der Waals surface area contributed by atoms with Crippen molar-refractivity contribution in [1.29, 1.82) is 0 Å². The lowest BCUT2D eigenvalue weighted by Gasteiger charge is -2.39. The second-order valence-electron chi connectivity index (χ2n) is 8.34. The maximum atomic E-state index is 13.6. The van der Waals surface area contributed by atoms with Gasteiger partial charge in [-0.25, -0.2) is 9.18 Å². The minimum absolute atomic E-state index is 0.218. The van der Waals surface area contributed by atoms with Gasteiger partial charge in [-0.05, 0) is 49.9 Å². The summed E-state index contributed by atoms with van der Waals surface area (Å²) in [5.41, 5.74) is 2.39. The summed E-state index contributed by atoms with van der Waals surface area (Å²) in [6.07, 6.45) is 0.876. The molecule has 1 atom stereocenters. The minimum atomic E-state index is -0.286. The summed E-state index contributed by atoms with van der Waals surface area (Å²) in [5.74, 6) is 1.31. The van der Waals surface area contributed by atoms with Crippen LogP contribution in [0.2, 0.25) is 5.02 Å². The van der Waals surface area contributed by atoms with Crippen molar-refractivity contribution in [3.63, 3.8) is 0 Å². The molecule has 0 amide bonds. The largest absolute Gasteiger partial charge is 0.351 e. The quantitative estimate of drug-likeness (QED) is 0.566. The third kappa shape index (κ3) is 3.62. The molecular formula is C23H24ClFN4OS. The van der Waals surface area contributed by atoms with E-state index in [0.717, 1.165) is 58.7 Å². The van der Waals surface area contributed by atoms with Crippen LogP contribution in [0.25, 0.3) is 22.0 Å². The lowest BCUT2D eigenvalue weighted by Crippen LogP contribution is -2.51. The lowest BCUT2D eigenvalue weighted by atomic mass is 10.0. The van der Waals surface area contributed by atoms with E-state index in [1.54, 1.807) is 28.5 Å². The zero-order valence-electron chi connectivity index (χ0n) is 17.6. The number of aromatic nitrogens is 2. The smallest absolute Gasteiger partial charge is 0.350 e. The Morgan fingerprint density at radius 1 is 1.19 bits per heavy atom. The van der Waals surface area contributed by atoms with Gasteiger partial charge in [0.2, 0.25) is 0 Å². The molecule has 0 spiro atoms. The van der Waals surface area contributed by atoms with Crippen LogP contribution >= 0.6 is 23.4 Å². The first-order valence-corrected chi connectivity index (χ1v) is 11.9. The highest BCUT2D eigenvalue weighted by atomic mass is 35.5. The van der Waals surface area contributed by atoms with Crippen LogP contribution in [0.5, 0.6) is 0 Å². The third-order valence-electron chi connectivity index (χ3n) is 6.16. The van der Waals surface area contributed by atoms with Crippen molar-refractivity contribution < 1.29 is 4.39 Å². The van der Waals surface area contributed by atoms with Gasteiger partial charge in [-0.15, -0.1) is 11.8 Å². The Hall–Kier alpha value is -2.09. The van der Waals surface area contributed by atoms with Crippen LogP contribution in [0.15, 0.2) is 40.0 Å². The number of piperazine rings is 1. The Labute approximate surface area is 189 Å². The molecule has 0 aliphatic carbocycles. The van der Waals surface area contributed by atoms with Gasteiger partial charge in [0.25, 0.3) is 0 Å². The Morgan fingerprint density at radius 3 is 2.71 bits per heavy atom. The van der Waals surface area contributed by atoms with E-state index in [1.165, 1.54) is 12.1 Å². The van der Waals surface area contributed by atoms with Crippen LogP contribution in [-0.4, -0.2) is 52.9 Å². The maximum absolute atomic E-state index is 13.6. The molecule has 3 aromatic rings. The van der Waals surface area contributed by atoms with Crippen molar-refractivity contribution in [2.24, 2.45) is 0 Å². The molecule has 5 nitrogen and oxygen atoms in total. The Bertz CT molecular complexity index is 1210. The van der Waals surface area contributed by atoms with Gasteiger partial charge in [0.05, 0.1) is 10.5 Å². The fourth-order valence-electron chi connectivity index (χ4n) is 4.67. The number of hydrogen-bond acceptors (Lipinski definition) is 5. The van der Waals surface area contributed by atoms with Crippen molar-refractivity contribution in [2.45, 2.75) is 30.8 Å². The number of hydrogen-bond donors (Lipinski definition) is 0. The number of halogens is 2. The van der Waals surface area contributed by atoms with Gasteiger partial charge in [0, 0.05) is 48.1 Å². The molecule has 0 saturated carbocycles. The van der Waals surface area contributed by atoms with Gasteiger partial charge in [0.15, 0.2) is 0 Å². The van der Waals surface area contributed by atoms with Crippen molar-refractivity contribution in [2.75, 3.05) is 37.3 Å². The van der Waals surface area contributed by atoms with Crippen LogP contribution < -0.4 is 10.6 Å². The molecule has 2 aliphatic rings. The third-order valence-corrected chi connectivity index (χ3v) is 7.64. The summed E-state index contributed by atoms with van der Waals surface area (Å²) < 4.78 is 15.3. The van der Waals surface area contributed by atoms with E-state index in [4.69, 9.17) is 11.6 Å². The van der Waals surface area contributed by atoms with Crippen LogP contribution in [0.3, 0.4) is 0 Å². The van der Waals surface area contributed by atoms with Crippen molar-refractivity contribution in [3.8, 4) is 11.1 Å². The molecule has 1 fully saturated rings. The van der Waals surface area contributed by atoms with Crippen molar-refractivity contribution >= 4 is 40.1 Å². The zero-order valence-corrected chi connectivity index (χ0v) is 19.1. The topological polar surface area (TPSA) is 41.4 Å². The van der Waals surface area contributed by atoms with E-state index in [2.05, 4.69) is 28.8 Å². The summed E-state index contributed by atoms with van der Waals surface area (Å²) in [6, 6.07) is 8.56. The van der Waals surface area contributed by atoms with E-state index in [-0.39, 0.29) is 17.5 Å². The van der Waals surface area contributed by atoms with Gasteiger partial charge in [-0.2, -0.15) is 4.98 Å². The normalized spacial score (nSPS) is 19.6. The molecule has 1 unspecified atom stereocenters. The highest BCUT2D eigenvalue weighted by molar-refractivity contribution is 7.99. The Kier molecular flexibility index (Phi) is 5.44. The van der Waals surface area contributed by atoms with E-state index in [0.29, 0.717) is 17.4 Å². The number of rotatable bonds is 2. The van der Waals surface area contributed by atoms with E-state index in [9.17, 15) is 9.18 Å². The molecule has 3 heterocycles. The highest BCUT2D eigenvalue weighted by Crippen LogP contribution is 2.45. The minimum Gasteiger partial charge on any atom is -0.351 e. The number of anilines is 1. The Balaban J connectivity index is 1.80. The zero-order chi connectivity index (χ0) is 21.7. The van der Waals surface area contributed by atoms with Crippen LogP contribution in [0, 0.1) is 5.82 Å². The van der Waals surface area contributed by atoms with E-state index in [1.807, 2.05) is 6.07 Å². The van der Waals surface area contributed by atoms with Gasteiger partial charge in [0.1, 0.15) is 11.6 Å². The molecule has 8 heteroatoms. The fraction of sp³-hybridized carbons (Fsp3) is 0.391. The number of likely N-dealkylation sites (N-methyl/N-ethyl adjacent to an activating group) is 1. The molecule has 0 N–H and O–H groups in total. The predicted molar refractivity (Wildman–Crippen MR) is 126 cm³/mol. The second-order valence-corrected chi connectivity index (χ2v) is 9.85. The summed E-state index contributed by atoms with van der Waals surface area (Å²) in [4.78, 5) is 23.2. The first-order valence-electron chi connectivity index (χ1n) is 10.5. The number of aryl methyl sites for hydroxylation is 1.